The van der Waals surface area contributed by atoms with Gasteiger partial charge in [0.2, 0.25) is 0 Å². The summed E-state index contributed by atoms with van der Waals surface area (Å²) in [6.45, 7) is 10.8. The van der Waals surface area contributed by atoms with E-state index in [1.54, 1.807) is 0 Å². The molecule has 8 nitrogen and oxygen atoms in total. The van der Waals surface area contributed by atoms with Crippen LogP contribution in [0.3, 0.4) is 0 Å². The minimum Gasteiger partial charge on any atom is -0.391 e. The first kappa shape index (κ1) is 31.6. The second-order valence-electron chi connectivity index (χ2n) is 11.2. The molecule has 1 saturated carbocycles. The maximum absolute atomic E-state index is 10.8. The highest BCUT2D eigenvalue weighted by Crippen LogP contribution is 2.21. The highest BCUT2D eigenvalue weighted by molar-refractivity contribution is 7.80. The number of hydrogen-bond acceptors (Lipinski definition) is 7. The van der Waals surface area contributed by atoms with Gasteiger partial charge in [0, 0.05) is 19.0 Å². The Balaban J connectivity index is 0.00000302. The van der Waals surface area contributed by atoms with Gasteiger partial charge in [0.1, 0.15) is 6.10 Å². The Labute approximate surface area is 200 Å². The second kappa shape index (κ2) is 14.1. The fourth-order valence-electron chi connectivity index (χ4n) is 3.38. The van der Waals surface area contributed by atoms with E-state index in [0.29, 0.717) is 35.3 Å². The first-order chi connectivity index (χ1) is 14.5. The van der Waals surface area contributed by atoms with E-state index in [1.807, 2.05) is 21.1 Å². The number of hydrogen-bond donors (Lipinski definition) is 7. The Morgan fingerprint density at radius 3 is 2.03 bits per heavy atom. The zero-order chi connectivity index (χ0) is 25.3. The summed E-state index contributed by atoms with van der Waals surface area (Å²) < 4.78 is 0.301. The zero-order valence-electron chi connectivity index (χ0n) is 21.4. The highest BCUT2D eigenvalue weighted by Gasteiger charge is 2.37. The predicted octanol–water partition coefficient (Wildman–Crippen LogP) is 0.735. The van der Waals surface area contributed by atoms with Crippen LogP contribution < -0.4 is 10.6 Å². The maximum Gasteiger partial charge on any atom is 0.192 e. The Morgan fingerprint density at radius 2 is 1.56 bits per heavy atom. The quantitative estimate of drug-likeness (QED) is 0.146. The molecule has 32 heavy (non-hydrogen) atoms. The van der Waals surface area contributed by atoms with Crippen molar-refractivity contribution in [2.45, 2.75) is 109 Å². The summed E-state index contributed by atoms with van der Waals surface area (Å²) in [7, 11) is 5.56. The topological polar surface area (TPSA) is 125 Å². The highest BCUT2D eigenvalue weighted by atomic mass is 32.1. The molecule has 0 saturated heterocycles. The molecule has 0 aromatic carbocycles. The average Bonchev–Trinajstić information content (AvgIpc) is 2.62. The minimum absolute atomic E-state index is 0.00532. The molecule has 0 aromatic heterocycles. The molecule has 1 fully saturated rings. The summed E-state index contributed by atoms with van der Waals surface area (Å²) in [6, 6.07) is -0.869. The van der Waals surface area contributed by atoms with Gasteiger partial charge in [-0.15, -0.1) is 0 Å². The molecule has 192 valence electrons. The number of quaternary nitrogens is 1. The van der Waals surface area contributed by atoms with Crippen molar-refractivity contribution < 1.29 is 30.0 Å². The summed E-state index contributed by atoms with van der Waals surface area (Å²) in [5.41, 5.74) is -0.00532. The summed E-state index contributed by atoms with van der Waals surface area (Å²) in [4.78, 5) is 0.628. The first-order valence-corrected chi connectivity index (χ1v) is 12.2. The average molecular weight is 481 g/mol. The predicted molar refractivity (Wildman–Crippen MR) is 133 cm³/mol. The molecular weight excluding hydrogens is 430 g/mol. The van der Waals surface area contributed by atoms with Crippen molar-refractivity contribution in [3.05, 3.63) is 0 Å². The van der Waals surface area contributed by atoms with Crippen molar-refractivity contribution in [3.8, 4) is 0 Å². The maximum atomic E-state index is 10.8. The third-order valence-electron chi connectivity index (χ3n) is 5.38. The number of aliphatic hydroxyl groups excluding tert-OH is 5. The van der Waals surface area contributed by atoms with Gasteiger partial charge in [-0.1, -0.05) is 53.3 Å². The van der Waals surface area contributed by atoms with Crippen LogP contribution in [-0.2, 0) is 0 Å². The van der Waals surface area contributed by atoms with E-state index >= 15 is 0 Å². The smallest absolute Gasteiger partial charge is 0.192 e. The summed E-state index contributed by atoms with van der Waals surface area (Å²) in [6.07, 6.45) is -1.87. The van der Waals surface area contributed by atoms with Gasteiger partial charge in [0.25, 0.3) is 0 Å². The normalized spacial score (nSPS) is 27.0. The van der Waals surface area contributed by atoms with Crippen LogP contribution in [0.2, 0.25) is 0 Å². The van der Waals surface area contributed by atoms with Crippen LogP contribution in [0.15, 0.2) is 0 Å². The fraction of sp³-hybridized carbons (Fsp3) is 0.957. The first-order valence-electron chi connectivity index (χ1n) is 11.8. The molecule has 0 radical (unpaired) electrons. The largest absolute Gasteiger partial charge is 0.391 e. The number of nitrogens with one attached hydrogen (secondary N) is 2. The Kier molecular flexibility index (Phi) is 13.9. The van der Waals surface area contributed by atoms with E-state index < -0.39 is 42.7 Å². The third kappa shape index (κ3) is 12.2. The lowest BCUT2D eigenvalue weighted by Crippen LogP contribution is -2.59. The molecule has 0 aromatic rings. The van der Waals surface area contributed by atoms with Gasteiger partial charge in [0.15, 0.2) is 6.23 Å². The van der Waals surface area contributed by atoms with Crippen molar-refractivity contribution in [2.24, 2.45) is 5.41 Å². The van der Waals surface area contributed by atoms with Crippen LogP contribution in [0.25, 0.3) is 0 Å². The summed E-state index contributed by atoms with van der Waals surface area (Å²) in [5, 5.41) is 57.4. The van der Waals surface area contributed by atoms with E-state index in [2.05, 4.69) is 45.3 Å². The van der Waals surface area contributed by atoms with Gasteiger partial charge < -0.3 is 40.6 Å². The minimum atomic E-state index is -1.19. The number of rotatable bonds is 9. The van der Waals surface area contributed by atoms with Crippen molar-refractivity contribution in [1.29, 1.82) is 0 Å². The molecule has 1 rings (SSSR count). The fourth-order valence-corrected chi connectivity index (χ4v) is 3.96. The molecule has 1 aliphatic rings. The number of thiocarbonyl (C=S) groups is 1. The summed E-state index contributed by atoms with van der Waals surface area (Å²) in [5.74, 6) is 0. The Morgan fingerprint density at radius 1 is 1.03 bits per heavy atom. The molecule has 0 heterocycles. The van der Waals surface area contributed by atoms with Gasteiger partial charge >= 0.3 is 0 Å². The standard InChI is InChI=1S/C20H41N3O5S.C3H8/c1-20(2,3)10-16(29)22-13(15(25)9-17(26)23(4,5)6)11-21-12-7-8-14(24)19(28)18(12)27;1-3-2/h12-15,17-19,21,24-28H,7-11H2,1-6H3;3H2,1-2H3/p+1. The van der Waals surface area contributed by atoms with Crippen LogP contribution in [0.5, 0.6) is 0 Å². The molecule has 7 N–H and O–H groups in total. The molecule has 7 unspecified atom stereocenters. The molecule has 9 heteroatoms. The lowest BCUT2D eigenvalue weighted by Gasteiger charge is -2.38. The third-order valence-corrected chi connectivity index (χ3v) is 5.64. The van der Waals surface area contributed by atoms with Crippen molar-refractivity contribution in [3.63, 3.8) is 0 Å². The van der Waals surface area contributed by atoms with Gasteiger partial charge in [0.05, 0.1) is 56.9 Å². The van der Waals surface area contributed by atoms with E-state index in [4.69, 9.17) is 12.2 Å². The zero-order valence-corrected chi connectivity index (χ0v) is 22.2. The SMILES string of the molecule is CC(C)(C)CC(=S)NC(CNC1CCC(O)C(O)C1O)C(O)CC(O)[N+](C)(C)C.CCC. The van der Waals surface area contributed by atoms with Gasteiger partial charge in [-0.25, -0.2) is 0 Å². The molecule has 1 aliphatic carbocycles. The summed E-state index contributed by atoms with van der Waals surface area (Å²) >= 11 is 5.47. The van der Waals surface area contributed by atoms with Gasteiger partial charge in [-0.05, 0) is 18.3 Å². The Bertz CT molecular complexity index is 539. The molecule has 0 amide bonds. The van der Waals surface area contributed by atoms with E-state index in [0.717, 1.165) is 0 Å². The van der Waals surface area contributed by atoms with Crippen LogP contribution in [0, 0.1) is 5.41 Å². The van der Waals surface area contributed by atoms with Crippen LogP contribution in [-0.4, -0.2) is 105 Å². The number of aliphatic hydroxyl groups is 5. The molecule has 0 spiro atoms. The Hall–Kier alpha value is -0.390. The van der Waals surface area contributed by atoms with Gasteiger partial charge in [-0.2, -0.15) is 0 Å². The lowest BCUT2D eigenvalue weighted by molar-refractivity contribution is -0.919. The molecule has 0 bridgehead atoms. The molecule has 0 aliphatic heterocycles. The van der Waals surface area contributed by atoms with Crippen molar-refractivity contribution in [2.75, 3.05) is 27.7 Å². The van der Waals surface area contributed by atoms with Crippen molar-refractivity contribution in [1.82, 2.24) is 10.6 Å². The van der Waals surface area contributed by atoms with Crippen molar-refractivity contribution >= 4 is 17.2 Å². The molecular formula is C23H50N3O5S+. The van der Waals surface area contributed by atoms with Crippen LogP contribution in [0.4, 0.5) is 0 Å². The van der Waals surface area contributed by atoms with E-state index in [1.165, 1.54) is 6.42 Å². The molecule has 7 atom stereocenters. The van der Waals surface area contributed by atoms with Crippen LogP contribution >= 0.6 is 12.2 Å². The van der Waals surface area contributed by atoms with E-state index in [-0.39, 0.29) is 11.8 Å². The van der Waals surface area contributed by atoms with Crippen LogP contribution in [0.1, 0.15) is 66.7 Å². The second-order valence-corrected chi connectivity index (χ2v) is 11.7. The monoisotopic (exact) mass is 480 g/mol. The lowest BCUT2D eigenvalue weighted by atomic mass is 9.87. The van der Waals surface area contributed by atoms with E-state index in [9.17, 15) is 25.5 Å². The van der Waals surface area contributed by atoms with Gasteiger partial charge in [-0.3, -0.25) is 0 Å². The number of nitrogens with zero attached hydrogens (tertiary/aromatic N) is 1.